The van der Waals surface area contributed by atoms with Gasteiger partial charge in [-0.1, -0.05) is 36.4 Å². The number of anilines is 1. The highest BCUT2D eigenvalue weighted by Gasteiger charge is 2.34. The number of aliphatic imine (C=N–C) groups is 1. The highest BCUT2D eigenvalue weighted by Crippen LogP contribution is 2.34. The quantitative estimate of drug-likeness (QED) is 0.213. The topological polar surface area (TPSA) is 64.1 Å². The molecule has 1 fully saturated rings. The number of ether oxygens (including phenoxy) is 3. The van der Waals surface area contributed by atoms with Gasteiger partial charge in [-0.15, -0.1) is 24.0 Å². The molecule has 0 aliphatic carbocycles. The summed E-state index contributed by atoms with van der Waals surface area (Å²) >= 11 is 0. The van der Waals surface area contributed by atoms with Gasteiger partial charge in [0.05, 0.1) is 6.61 Å². The van der Waals surface area contributed by atoms with Crippen LogP contribution in [0.4, 0.5) is 5.69 Å². The van der Waals surface area contributed by atoms with Crippen molar-refractivity contribution >= 4 is 35.6 Å². The van der Waals surface area contributed by atoms with Crippen LogP contribution in [-0.2, 0) is 14.9 Å². The molecule has 0 saturated carbocycles. The fourth-order valence-electron chi connectivity index (χ4n) is 3.75. The molecule has 31 heavy (non-hydrogen) atoms. The molecule has 0 radical (unpaired) electrons. The number of benzene rings is 2. The van der Waals surface area contributed by atoms with Crippen LogP contribution in [0.5, 0.6) is 5.75 Å². The van der Waals surface area contributed by atoms with Crippen LogP contribution in [0.2, 0.25) is 0 Å². The second-order valence-electron chi connectivity index (χ2n) is 7.53. The normalized spacial score (nSPS) is 15.6. The number of hydrogen-bond acceptors (Lipinski definition) is 4. The monoisotopic (exact) mass is 539 g/mol. The van der Waals surface area contributed by atoms with E-state index in [4.69, 9.17) is 14.2 Å². The molecule has 170 valence electrons. The van der Waals surface area contributed by atoms with Crippen molar-refractivity contribution in [1.82, 2.24) is 5.32 Å². The molecule has 1 aliphatic rings. The highest BCUT2D eigenvalue weighted by atomic mass is 127. The summed E-state index contributed by atoms with van der Waals surface area (Å²) in [5, 5.41) is 6.91. The lowest BCUT2D eigenvalue weighted by molar-refractivity contribution is 0.0514. The fraction of sp³-hybridized carbons (Fsp3) is 0.458. The summed E-state index contributed by atoms with van der Waals surface area (Å²) < 4.78 is 16.5. The van der Waals surface area contributed by atoms with Crippen molar-refractivity contribution in [1.29, 1.82) is 0 Å². The molecule has 7 heteroatoms. The van der Waals surface area contributed by atoms with Crippen LogP contribution in [0.15, 0.2) is 59.6 Å². The van der Waals surface area contributed by atoms with Gasteiger partial charge in [0, 0.05) is 64.1 Å². The van der Waals surface area contributed by atoms with Crippen LogP contribution in [-0.4, -0.2) is 53.1 Å². The highest BCUT2D eigenvalue weighted by molar-refractivity contribution is 14.0. The molecule has 0 aromatic heterocycles. The molecule has 1 heterocycles. The van der Waals surface area contributed by atoms with E-state index >= 15 is 0 Å². The molecular formula is C24H34IN3O3. The lowest BCUT2D eigenvalue weighted by Crippen LogP contribution is -2.46. The first-order valence-corrected chi connectivity index (χ1v) is 10.6. The van der Waals surface area contributed by atoms with Gasteiger partial charge in [-0.25, -0.2) is 0 Å². The number of nitrogens with zero attached hydrogens (tertiary/aromatic N) is 1. The molecule has 6 nitrogen and oxygen atoms in total. The molecular weight excluding hydrogens is 505 g/mol. The molecule has 2 aromatic carbocycles. The average molecular weight is 539 g/mol. The Bertz CT molecular complexity index is 796. The zero-order valence-corrected chi connectivity index (χ0v) is 20.8. The van der Waals surface area contributed by atoms with E-state index in [0.29, 0.717) is 13.2 Å². The number of rotatable bonds is 9. The van der Waals surface area contributed by atoms with E-state index in [0.717, 1.165) is 56.4 Å². The number of nitrogens with one attached hydrogen (secondary N) is 2. The predicted octanol–water partition coefficient (Wildman–Crippen LogP) is 4.46. The summed E-state index contributed by atoms with van der Waals surface area (Å²) in [6.45, 7) is 3.69. The Morgan fingerprint density at radius 2 is 1.84 bits per heavy atom. The van der Waals surface area contributed by atoms with Crippen LogP contribution in [0.3, 0.4) is 0 Å². The van der Waals surface area contributed by atoms with E-state index in [1.807, 2.05) is 24.3 Å². The molecule has 1 aliphatic heterocycles. The molecule has 0 spiro atoms. The first-order valence-electron chi connectivity index (χ1n) is 10.6. The molecule has 1 saturated heterocycles. The lowest BCUT2D eigenvalue weighted by Gasteiger charge is -2.38. The van der Waals surface area contributed by atoms with Gasteiger partial charge in [0.25, 0.3) is 0 Å². The molecule has 0 atom stereocenters. The fourth-order valence-corrected chi connectivity index (χ4v) is 3.75. The largest absolute Gasteiger partial charge is 0.493 e. The Balaban J connectivity index is 0.00000341. The Morgan fingerprint density at radius 3 is 2.55 bits per heavy atom. The van der Waals surface area contributed by atoms with Crippen LogP contribution >= 0.6 is 24.0 Å². The second kappa shape index (κ2) is 13.5. The Labute approximate surface area is 202 Å². The number of halogens is 1. The summed E-state index contributed by atoms with van der Waals surface area (Å²) in [6, 6.07) is 18.6. The third-order valence-corrected chi connectivity index (χ3v) is 5.51. The van der Waals surface area contributed by atoms with Crippen molar-refractivity contribution in [3.05, 3.63) is 60.2 Å². The first kappa shape index (κ1) is 25.4. The van der Waals surface area contributed by atoms with E-state index in [1.54, 1.807) is 14.2 Å². The van der Waals surface area contributed by atoms with E-state index in [9.17, 15) is 0 Å². The SMILES string of the molecule is CN=C(NCC1(c2ccccc2)CCOCC1)Nc1cccc(OCCCOC)c1.I. The summed E-state index contributed by atoms with van der Waals surface area (Å²) in [7, 11) is 3.49. The third-order valence-electron chi connectivity index (χ3n) is 5.51. The molecule has 0 amide bonds. The summed E-state index contributed by atoms with van der Waals surface area (Å²) in [5.74, 6) is 1.57. The maximum Gasteiger partial charge on any atom is 0.195 e. The zero-order chi connectivity index (χ0) is 21.1. The number of methoxy groups -OCH3 is 1. The standard InChI is InChI=1S/C24H33N3O3.HI/c1-25-23(27-21-10-6-11-22(18-21)30-15-7-14-28-2)26-19-24(12-16-29-17-13-24)20-8-4-3-5-9-20;/h3-6,8-11,18H,7,12-17,19H2,1-2H3,(H2,25,26,27);1H. The summed E-state index contributed by atoms with van der Waals surface area (Å²) in [6.07, 6.45) is 2.85. The van der Waals surface area contributed by atoms with Gasteiger partial charge in [0.2, 0.25) is 0 Å². The molecule has 2 N–H and O–H groups in total. The first-order chi connectivity index (χ1) is 14.8. The van der Waals surface area contributed by atoms with Crippen molar-refractivity contribution in [2.24, 2.45) is 4.99 Å². The molecule has 0 unspecified atom stereocenters. The van der Waals surface area contributed by atoms with Crippen LogP contribution < -0.4 is 15.4 Å². The van der Waals surface area contributed by atoms with Crippen molar-refractivity contribution in [2.45, 2.75) is 24.7 Å². The average Bonchev–Trinajstić information content (AvgIpc) is 2.81. The van der Waals surface area contributed by atoms with Gasteiger partial charge in [0.15, 0.2) is 5.96 Å². The van der Waals surface area contributed by atoms with Gasteiger partial charge >= 0.3 is 0 Å². The number of guanidine groups is 1. The summed E-state index contributed by atoms with van der Waals surface area (Å²) in [5.41, 5.74) is 2.33. The van der Waals surface area contributed by atoms with Crippen molar-refractivity contribution in [2.75, 3.05) is 52.4 Å². The smallest absolute Gasteiger partial charge is 0.195 e. The molecule has 0 bridgehead atoms. The van der Waals surface area contributed by atoms with Gasteiger partial charge in [-0.05, 0) is 30.5 Å². The van der Waals surface area contributed by atoms with Crippen LogP contribution in [0, 0.1) is 0 Å². The van der Waals surface area contributed by atoms with E-state index in [1.165, 1.54) is 5.56 Å². The zero-order valence-electron chi connectivity index (χ0n) is 18.4. The molecule has 3 rings (SSSR count). The Morgan fingerprint density at radius 1 is 1.06 bits per heavy atom. The minimum absolute atomic E-state index is 0. The van der Waals surface area contributed by atoms with Gasteiger partial charge < -0.3 is 24.8 Å². The van der Waals surface area contributed by atoms with Crippen LogP contribution in [0.25, 0.3) is 0 Å². The van der Waals surface area contributed by atoms with E-state index in [-0.39, 0.29) is 29.4 Å². The van der Waals surface area contributed by atoms with Crippen molar-refractivity contribution in [3.63, 3.8) is 0 Å². The Kier molecular flexibility index (Phi) is 11.1. The van der Waals surface area contributed by atoms with Gasteiger partial charge in [-0.3, -0.25) is 4.99 Å². The third kappa shape index (κ3) is 7.66. The van der Waals surface area contributed by atoms with Gasteiger partial charge in [-0.2, -0.15) is 0 Å². The Hall–Kier alpha value is -1.84. The minimum Gasteiger partial charge on any atom is -0.493 e. The maximum atomic E-state index is 5.80. The van der Waals surface area contributed by atoms with Crippen molar-refractivity contribution < 1.29 is 14.2 Å². The summed E-state index contributed by atoms with van der Waals surface area (Å²) in [4.78, 5) is 4.41. The minimum atomic E-state index is 0. The maximum absolute atomic E-state index is 5.80. The van der Waals surface area contributed by atoms with E-state index < -0.39 is 0 Å². The van der Waals surface area contributed by atoms with E-state index in [2.05, 4.69) is 46.0 Å². The predicted molar refractivity (Wildman–Crippen MR) is 137 cm³/mol. The van der Waals surface area contributed by atoms with Crippen molar-refractivity contribution in [3.8, 4) is 5.75 Å². The van der Waals surface area contributed by atoms with Gasteiger partial charge in [0.1, 0.15) is 5.75 Å². The number of hydrogen-bond donors (Lipinski definition) is 2. The lowest BCUT2D eigenvalue weighted by atomic mass is 9.74. The second-order valence-corrected chi connectivity index (χ2v) is 7.53. The molecule has 2 aromatic rings. The van der Waals surface area contributed by atoms with Crippen LogP contribution in [0.1, 0.15) is 24.8 Å².